The molecule has 0 bridgehead atoms. The lowest BCUT2D eigenvalue weighted by molar-refractivity contribution is -0.315. The van der Waals surface area contributed by atoms with Gasteiger partial charge in [-0.05, 0) is 31.6 Å². The summed E-state index contributed by atoms with van der Waals surface area (Å²) in [6.07, 6.45) is 1.97. The van der Waals surface area contributed by atoms with Gasteiger partial charge in [0.25, 0.3) is 0 Å². The van der Waals surface area contributed by atoms with Gasteiger partial charge in [0.2, 0.25) is 0 Å². The van der Waals surface area contributed by atoms with Crippen molar-refractivity contribution in [2.75, 3.05) is 6.54 Å². The first-order valence-corrected chi connectivity index (χ1v) is 10.3. The van der Waals surface area contributed by atoms with E-state index >= 15 is 0 Å². The molecule has 30 heavy (non-hydrogen) atoms. The molecule has 3 rings (SSSR count). The lowest BCUT2D eigenvalue weighted by Gasteiger charge is -2.44. The molecular formula is C20H28F4N2O4. The number of carboxylic acids is 1. The van der Waals surface area contributed by atoms with Gasteiger partial charge in [0.1, 0.15) is 0 Å². The van der Waals surface area contributed by atoms with Gasteiger partial charge in [-0.15, -0.1) is 0 Å². The molecule has 0 spiro atoms. The molecule has 1 heterocycles. The average molecular weight is 436 g/mol. The maximum Gasteiger partial charge on any atom is 0.313 e. The molecule has 5 unspecified atom stereocenters. The molecule has 170 valence electrons. The van der Waals surface area contributed by atoms with E-state index in [0.717, 1.165) is 5.84 Å². The molecule has 1 aliphatic heterocycles. The number of rotatable bonds is 9. The number of halogens is 4. The molecule has 0 radical (unpaired) electrons. The Bertz CT molecular complexity index is 700. The molecule has 2 fully saturated rings. The number of amidine groups is 1. The van der Waals surface area contributed by atoms with Crippen molar-refractivity contribution in [3.8, 4) is 0 Å². The van der Waals surface area contributed by atoms with Crippen molar-refractivity contribution in [3.05, 3.63) is 12.2 Å². The van der Waals surface area contributed by atoms with Crippen LogP contribution < -0.4 is 5.32 Å². The van der Waals surface area contributed by atoms with E-state index < -0.39 is 42.4 Å². The van der Waals surface area contributed by atoms with Gasteiger partial charge in [-0.2, -0.15) is 17.6 Å². The number of nitrogens with one attached hydrogen (secondary N) is 1. The van der Waals surface area contributed by atoms with Gasteiger partial charge in [0, 0.05) is 37.6 Å². The van der Waals surface area contributed by atoms with Gasteiger partial charge in [-0.25, -0.2) is 0 Å². The van der Waals surface area contributed by atoms with Crippen LogP contribution in [-0.4, -0.2) is 63.8 Å². The Morgan fingerprint density at radius 1 is 1.33 bits per heavy atom. The summed E-state index contributed by atoms with van der Waals surface area (Å²) in [6, 6.07) is -0.0651. The van der Waals surface area contributed by atoms with Crippen molar-refractivity contribution in [2.24, 2.45) is 22.7 Å². The zero-order valence-corrected chi connectivity index (χ0v) is 16.5. The van der Waals surface area contributed by atoms with Gasteiger partial charge in [0.15, 0.2) is 0 Å². The molecule has 10 heteroatoms. The summed E-state index contributed by atoms with van der Waals surface area (Å²) < 4.78 is 52.4. The number of aliphatic imine (C=N–C) groups is 1. The number of nitrogens with zero attached hydrogens (tertiary/aromatic N) is 1. The number of hydrogen-bond acceptors (Lipinski definition) is 5. The van der Waals surface area contributed by atoms with Crippen LogP contribution in [0.2, 0.25) is 0 Å². The zero-order valence-electron chi connectivity index (χ0n) is 16.5. The van der Waals surface area contributed by atoms with Crippen LogP contribution in [0, 0.1) is 17.8 Å². The number of aliphatic hydroxyl groups is 2. The third-order valence-electron chi connectivity index (χ3n) is 6.43. The lowest BCUT2D eigenvalue weighted by Crippen LogP contribution is -2.58. The summed E-state index contributed by atoms with van der Waals surface area (Å²) >= 11 is 0. The Morgan fingerprint density at radius 2 is 2.07 bits per heavy atom. The molecule has 3 aliphatic rings. The number of carboxylic acid groups (broad SMARTS) is 1. The van der Waals surface area contributed by atoms with Crippen molar-refractivity contribution >= 4 is 11.8 Å². The molecular weight excluding hydrogens is 408 g/mol. The summed E-state index contributed by atoms with van der Waals surface area (Å²) in [7, 11) is 0. The van der Waals surface area contributed by atoms with Gasteiger partial charge < -0.3 is 20.6 Å². The Hall–Kier alpha value is -1.68. The highest BCUT2D eigenvalue weighted by Gasteiger charge is 2.70. The molecule has 2 saturated carbocycles. The Labute approximate surface area is 172 Å². The second kappa shape index (κ2) is 8.82. The maximum atomic E-state index is 13.3. The quantitative estimate of drug-likeness (QED) is 0.253. The second-order valence-electron chi connectivity index (χ2n) is 8.57. The summed E-state index contributed by atoms with van der Waals surface area (Å²) in [4.78, 5) is 15.1. The predicted molar refractivity (Wildman–Crippen MR) is 101 cm³/mol. The fourth-order valence-electron chi connectivity index (χ4n) is 4.63. The van der Waals surface area contributed by atoms with E-state index in [0.29, 0.717) is 25.8 Å². The predicted octanol–water partition coefficient (Wildman–Crippen LogP) is 2.60. The van der Waals surface area contributed by atoms with E-state index in [2.05, 4.69) is 10.3 Å². The molecule has 0 saturated heterocycles. The van der Waals surface area contributed by atoms with Crippen LogP contribution in [0.3, 0.4) is 0 Å². The molecule has 0 aromatic rings. The Morgan fingerprint density at radius 3 is 2.70 bits per heavy atom. The highest BCUT2D eigenvalue weighted by Crippen LogP contribution is 2.56. The summed E-state index contributed by atoms with van der Waals surface area (Å²) in [5, 5.41) is 32.1. The van der Waals surface area contributed by atoms with Crippen LogP contribution in [0.5, 0.6) is 0 Å². The van der Waals surface area contributed by atoms with Gasteiger partial charge in [-0.3, -0.25) is 9.79 Å². The summed E-state index contributed by atoms with van der Waals surface area (Å²) in [5.41, 5.74) is 0. The number of fused-ring (bicyclic) bond motifs is 1. The van der Waals surface area contributed by atoms with Crippen LogP contribution in [0.1, 0.15) is 44.9 Å². The number of hydrogen-bond donors (Lipinski definition) is 4. The van der Waals surface area contributed by atoms with Crippen molar-refractivity contribution in [1.82, 2.24) is 5.32 Å². The highest BCUT2D eigenvalue weighted by atomic mass is 19.3. The molecule has 6 atom stereocenters. The molecule has 0 aromatic carbocycles. The van der Waals surface area contributed by atoms with Crippen molar-refractivity contribution < 1.29 is 37.7 Å². The maximum absolute atomic E-state index is 13.3. The summed E-state index contributed by atoms with van der Waals surface area (Å²) in [6.45, 7) is 0.497. The largest absolute Gasteiger partial charge is 0.481 e. The molecule has 0 aromatic heterocycles. The number of carbonyl (C=O) groups is 1. The third kappa shape index (κ3) is 4.80. The number of aliphatic carboxylic acids is 1. The molecule has 0 amide bonds. The fraction of sp³-hybridized carbons (Fsp3) is 0.800. The summed E-state index contributed by atoms with van der Waals surface area (Å²) in [5.74, 6) is -9.68. The monoisotopic (exact) mass is 436 g/mol. The van der Waals surface area contributed by atoms with Crippen molar-refractivity contribution in [1.29, 1.82) is 0 Å². The van der Waals surface area contributed by atoms with E-state index in [-0.39, 0.29) is 37.1 Å². The van der Waals surface area contributed by atoms with Crippen LogP contribution >= 0.6 is 0 Å². The zero-order chi connectivity index (χ0) is 22.1. The smallest absolute Gasteiger partial charge is 0.313 e. The van der Waals surface area contributed by atoms with Crippen LogP contribution in [0.15, 0.2) is 17.1 Å². The van der Waals surface area contributed by atoms with Crippen LogP contribution in [0.25, 0.3) is 0 Å². The standard InChI is InChI=1S/C20H28F4N2O4/c21-19(22)10-11(20(19,23)24)3-4-12(27)5-6-13-14-8-17(25-7-1-2-18(29)30)26-15(14)9-16(13)28/h5-6,11-16,27-28H,1-4,7-10H2,(H,25,26)(H,29,30)/t11?,12-,13?,14?,15?,16?/m0/s1. The minimum Gasteiger partial charge on any atom is -0.481 e. The Balaban J connectivity index is 1.44. The molecule has 6 nitrogen and oxygen atoms in total. The first-order valence-electron chi connectivity index (χ1n) is 10.3. The first-order chi connectivity index (χ1) is 14.0. The number of alkyl halides is 4. The van der Waals surface area contributed by atoms with Crippen LogP contribution in [-0.2, 0) is 4.79 Å². The number of aliphatic hydroxyl groups excluding tert-OH is 2. The fourth-order valence-corrected chi connectivity index (χ4v) is 4.63. The van der Waals surface area contributed by atoms with E-state index in [1.54, 1.807) is 6.08 Å². The SMILES string of the molecule is O=C(O)CCCNC1=NC2CC(O)C(C=C[C@@H](O)CCC3CC(F)(F)C3(F)F)C2C1. The average Bonchev–Trinajstić information content (AvgIpc) is 3.16. The molecule has 2 aliphatic carbocycles. The second-order valence-corrected chi connectivity index (χ2v) is 8.57. The lowest BCUT2D eigenvalue weighted by atomic mass is 9.74. The normalized spacial score (nSPS) is 35.0. The van der Waals surface area contributed by atoms with Crippen molar-refractivity contribution in [3.63, 3.8) is 0 Å². The minimum absolute atomic E-state index is 0.0417. The minimum atomic E-state index is -4.01. The topological polar surface area (TPSA) is 102 Å². The third-order valence-corrected chi connectivity index (χ3v) is 6.43. The van der Waals surface area contributed by atoms with E-state index in [1.165, 1.54) is 6.08 Å². The van der Waals surface area contributed by atoms with E-state index in [9.17, 15) is 32.6 Å². The van der Waals surface area contributed by atoms with Crippen LogP contribution in [0.4, 0.5) is 17.6 Å². The highest BCUT2D eigenvalue weighted by molar-refractivity contribution is 5.84. The van der Waals surface area contributed by atoms with Gasteiger partial charge in [-0.1, -0.05) is 12.2 Å². The first kappa shape index (κ1) is 23.0. The van der Waals surface area contributed by atoms with Gasteiger partial charge >= 0.3 is 17.8 Å². The van der Waals surface area contributed by atoms with E-state index in [1.807, 2.05) is 0 Å². The van der Waals surface area contributed by atoms with Gasteiger partial charge in [0.05, 0.1) is 24.1 Å². The van der Waals surface area contributed by atoms with Crippen molar-refractivity contribution in [2.45, 2.75) is 75.0 Å². The molecule has 4 N–H and O–H groups in total. The van der Waals surface area contributed by atoms with E-state index in [4.69, 9.17) is 5.11 Å². The Kier molecular flexibility index (Phi) is 6.76.